The molecule has 0 fully saturated rings. The quantitative estimate of drug-likeness (QED) is 0.717. The van der Waals surface area contributed by atoms with Crippen LogP contribution < -0.4 is 5.32 Å². The number of fused-ring (bicyclic) bond motifs is 1. The molecule has 26 heavy (non-hydrogen) atoms. The van der Waals surface area contributed by atoms with Gasteiger partial charge in [0.2, 0.25) is 0 Å². The summed E-state index contributed by atoms with van der Waals surface area (Å²) >= 11 is 0. The summed E-state index contributed by atoms with van der Waals surface area (Å²) in [7, 11) is 1.25. The lowest BCUT2D eigenvalue weighted by atomic mass is 10.1. The number of esters is 1. The van der Waals surface area contributed by atoms with Gasteiger partial charge in [0.15, 0.2) is 0 Å². The van der Waals surface area contributed by atoms with Gasteiger partial charge in [-0.05, 0) is 29.8 Å². The highest BCUT2D eigenvalue weighted by Crippen LogP contribution is 2.13. The predicted octanol–water partition coefficient (Wildman–Crippen LogP) is 2.89. The lowest BCUT2D eigenvalue weighted by Gasteiger charge is -2.17. The average molecular weight is 352 g/mol. The summed E-state index contributed by atoms with van der Waals surface area (Å²) in [4.78, 5) is 28.8. The molecule has 3 aromatic rings. The smallest absolute Gasteiger partial charge is 0.328 e. The van der Waals surface area contributed by atoms with Crippen molar-refractivity contribution in [3.05, 3.63) is 77.7 Å². The molecular formula is C20H17FN2O3. The second kappa shape index (κ2) is 7.74. The number of hydrogen-bond donors (Lipinski definition) is 1. The summed E-state index contributed by atoms with van der Waals surface area (Å²) in [6.07, 6.45) is 1.66. The van der Waals surface area contributed by atoms with Crippen molar-refractivity contribution in [2.45, 2.75) is 12.5 Å². The molecule has 132 valence electrons. The van der Waals surface area contributed by atoms with Crippen molar-refractivity contribution in [1.82, 2.24) is 10.3 Å². The molecule has 0 spiro atoms. The topological polar surface area (TPSA) is 68.3 Å². The van der Waals surface area contributed by atoms with Gasteiger partial charge in [0, 0.05) is 18.0 Å². The number of carbonyl (C=O) groups excluding carboxylic acids is 2. The van der Waals surface area contributed by atoms with E-state index in [4.69, 9.17) is 4.74 Å². The maximum absolute atomic E-state index is 13.0. The second-order valence-electron chi connectivity index (χ2n) is 5.80. The maximum Gasteiger partial charge on any atom is 0.328 e. The van der Waals surface area contributed by atoms with Crippen LogP contribution >= 0.6 is 0 Å². The Bertz CT molecular complexity index is 941. The van der Waals surface area contributed by atoms with Gasteiger partial charge in [-0.15, -0.1) is 0 Å². The van der Waals surface area contributed by atoms with Crippen LogP contribution in [-0.4, -0.2) is 30.0 Å². The molecule has 1 amide bonds. The van der Waals surface area contributed by atoms with Crippen molar-refractivity contribution in [2.75, 3.05) is 7.11 Å². The van der Waals surface area contributed by atoms with Crippen LogP contribution in [0.2, 0.25) is 0 Å². The number of rotatable bonds is 5. The number of ether oxygens (including phenoxy) is 1. The van der Waals surface area contributed by atoms with E-state index >= 15 is 0 Å². The zero-order chi connectivity index (χ0) is 18.5. The van der Waals surface area contributed by atoms with E-state index in [0.29, 0.717) is 11.1 Å². The molecule has 2 aromatic carbocycles. The molecule has 0 aliphatic carbocycles. The van der Waals surface area contributed by atoms with Crippen LogP contribution in [0.5, 0.6) is 0 Å². The van der Waals surface area contributed by atoms with E-state index in [2.05, 4.69) is 10.3 Å². The first kappa shape index (κ1) is 17.5. The van der Waals surface area contributed by atoms with Crippen molar-refractivity contribution in [1.29, 1.82) is 0 Å². The van der Waals surface area contributed by atoms with Gasteiger partial charge < -0.3 is 10.1 Å². The Morgan fingerprint density at radius 1 is 1.15 bits per heavy atom. The third-order valence-corrected chi connectivity index (χ3v) is 4.00. The number of amides is 1. The second-order valence-corrected chi connectivity index (χ2v) is 5.80. The number of methoxy groups -OCH3 is 1. The number of pyridine rings is 1. The van der Waals surface area contributed by atoms with Gasteiger partial charge in [-0.25, -0.2) is 9.18 Å². The van der Waals surface area contributed by atoms with E-state index in [0.717, 1.165) is 10.9 Å². The Hall–Kier alpha value is -3.28. The number of nitrogens with one attached hydrogen (secondary N) is 1. The summed E-state index contributed by atoms with van der Waals surface area (Å²) in [5, 5.41) is 3.49. The van der Waals surface area contributed by atoms with Crippen molar-refractivity contribution in [3.8, 4) is 0 Å². The van der Waals surface area contributed by atoms with Gasteiger partial charge in [-0.2, -0.15) is 0 Å². The molecule has 6 heteroatoms. The van der Waals surface area contributed by atoms with Crippen LogP contribution in [0.4, 0.5) is 4.39 Å². The number of para-hydroxylation sites is 1. The van der Waals surface area contributed by atoms with Crippen LogP contribution in [0, 0.1) is 5.82 Å². The van der Waals surface area contributed by atoms with Gasteiger partial charge in [0.1, 0.15) is 11.9 Å². The zero-order valence-electron chi connectivity index (χ0n) is 14.1. The molecule has 0 unspecified atom stereocenters. The number of benzene rings is 2. The van der Waals surface area contributed by atoms with E-state index in [9.17, 15) is 14.0 Å². The van der Waals surface area contributed by atoms with Crippen LogP contribution in [0.15, 0.2) is 60.8 Å². The normalized spacial score (nSPS) is 11.8. The highest BCUT2D eigenvalue weighted by Gasteiger charge is 2.23. The van der Waals surface area contributed by atoms with Crippen molar-refractivity contribution in [2.24, 2.45) is 0 Å². The van der Waals surface area contributed by atoms with Crippen molar-refractivity contribution >= 4 is 22.8 Å². The fraction of sp³-hybridized carbons (Fsp3) is 0.150. The first-order valence-electron chi connectivity index (χ1n) is 8.05. The van der Waals surface area contributed by atoms with Gasteiger partial charge in [0.05, 0.1) is 18.2 Å². The lowest BCUT2D eigenvalue weighted by Crippen LogP contribution is -2.43. The number of hydrogen-bond acceptors (Lipinski definition) is 4. The van der Waals surface area contributed by atoms with Crippen molar-refractivity contribution < 1.29 is 18.7 Å². The summed E-state index contributed by atoms with van der Waals surface area (Å²) in [5.74, 6) is -1.37. The molecule has 1 N–H and O–H groups in total. The minimum absolute atomic E-state index is 0.194. The Kier molecular flexibility index (Phi) is 5.22. The monoisotopic (exact) mass is 352 g/mol. The third-order valence-electron chi connectivity index (χ3n) is 4.00. The fourth-order valence-corrected chi connectivity index (χ4v) is 2.63. The Morgan fingerprint density at radius 2 is 1.88 bits per heavy atom. The van der Waals surface area contributed by atoms with E-state index in [1.807, 2.05) is 24.3 Å². The predicted molar refractivity (Wildman–Crippen MR) is 95.1 cm³/mol. The molecule has 3 rings (SSSR count). The molecule has 1 aromatic heterocycles. The highest BCUT2D eigenvalue weighted by molar-refractivity contribution is 5.99. The van der Waals surface area contributed by atoms with Crippen LogP contribution in [0.1, 0.15) is 15.9 Å². The van der Waals surface area contributed by atoms with E-state index in [1.54, 1.807) is 18.2 Å². The van der Waals surface area contributed by atoms with Gasteiger partial charge in [-0.1, -0.05) is 30.3 Å². The number of aromatic nitrogens is 1. The van der Waals surface area contributed by atoms with Gasteiger partial charge in [-0.3, -0.25) is 9.78 Å². The summed E-state index contributed by atoms with van der Waals surface area (Å²) < 4.78 is 17.8. The minimum atomic E-state index is -0.885. The first-order chi connectivity index (χ1) is 12.6. The molecule has 0 saturated heterocycles. The zero-order valence-corrected chi connectivity index (χ0v) is 14.1. The molecular weight excluding hydrogens is 335 g/mol. The highest BCUT2D eigenvalue weighted by atomic mass is 19.1. The summed E-state index contributed by atoms with van der Waals surface area (Å²) in [6.45, 7) is 0. The van der Waals surface area contributed by atoms with Gasteiger partial charge >= 0.3 is 5.97 Å². The molecule has 1 heterocycles. The number of carbonyl (C=O) groups is 2. The fourth-order valence-electron chi connectivity index (χ4n) is 2.63. The largest absolute Gasteiger partial charge is 0.467 e. The summed E-state index contributed by atoms with van der Waals surface area (Å²) in [6, 6.07) is 14.0. The van der Waals surface area contributed by atoms with Crippen LogP contribution in [0.3, 0.4) is 0 Å². The summed E-state index contributed by atoms with van der Waals surface area (Å²) in [5.41, 5.74) is 1.83. The minimum Gasteiger partial charge on any atom is -0.467 e. The maximum atomic E-state index is 13.0. The van der Waals surface area contributed by atoms with Crippen molar-refractivity contribution in [3.63, 3.8) is 0 Å². The van der Waals surface area contributed by atoms with Crippen LogP contribution in [-0.2, 0) is 16.0 Å². The average Bonchev–Trinajstić information content (AvgIpc) is 2.68. The van der Waals surface area contributed by atoms with E-state index in [1.165, 1.54) is 25.4 Å². The molecule has 0 aliphatic heterocycles. The third kappa shape index (κ3) is 4.03. The Morgan fingerprint density at radius 3 is 2.62 bits per heavy atom. The molecule has 0 saturated carbocycles. The SMILES string of the molecule is COC(=O)[C@H](Cc1ccc(F)cc1)NC(=O)c1cnc2ccccc2c1. The molecule has 5 nitrogen and oxygen atoms in total. The standard InChI is InChI=1S/C20H17FN2O3/c1-26-20(25)18(10-13-6-8-16(21)9-7-13)23-19(24)15-11-14-4-2-3-5-17(14)22-12-15/h2-9,11-12,18H,10H2,1H3,(H,23,24)/t18-/m0/s1. The Balaban J connectivity index is 1.79. The lowest BCUT2D eigenvalue weighted by molar-refractivity contribution is -0.142. The Labute approximate surface area is 149 Å². The molecule has 0 bridgehead atoms. The van der Waals surface area contributed by atoms with Crippen LogP contribution in [0.25, 0.3) is 10.9 Å². The first-order valence-corrected chi connectivity index (χ1v) is 8.05. The molecule has 1 atom stereocenters. The van der Waals surface area contributed by atoms with E-state index in [-0.39, 0.29) is 12.2 Å². The van der Waals surface area contributed by atoms with Gasteiger partial charge in [0.25, 0.3) is 5.91 Å². The molecule has 0 aliphatic rings. The van der Waals surface area contributed by atoms with E-state index < -0.39 is 17.9 Å². The molecule has 0 radical (unpaired) electrons. The number of halogens is 1. The number of nitrogens with zero attached hydrogens (tertiary/aromatic N) is 1.